The molecule has 3 N–H and O–H groups in total. The van der Waals surface area contributed by atoms with E-state index >= 15 is 0 Å². The number of aryl methyl sites for hydroxylation is 4. The fourth-order valence-electron chi connectivity index (χ4n) is 4.65. The van der Waals surface area contributed by atoms with Gasteiger partial charge in [-0.2, -0.15) is 0 Å². The molecule has 0 aromatic carbocycles. The van der Waals surface area contributed by atoms with Gasteiger partial charge in [0.05, 0.1) is 32.3 Å². The Balaban J connectivity index is 0.00000684. The summed E-state index contributed by atoms with van der Waals surface area (Å²) in [5.41, 5.74) is 0. The van der Waals surface area contributed by atoms with E-state index < -0.39 is 0 Å². The quantitative estimate of drug-likeness (QED) is 0.0886. The SMILES string of the molecule is CCC(O)CNCCC[n+]1ccn(CCCCCCCCCCCCn2cc[n+](CCCNC)c2)c1.[Br-].[Br-]. The number of hydrogen-bond donors (Lipinski definition) is 3. The number of aliphatic hydroxyl groups is 1. The number of rotatable bonds is 24. The Labute approximate surface area is 253 Å². The van der Waals surface area contributed by atoms with E-state index in [9.17, 15) is 5.11 Å². The van der Waals surface area contributed by atoms with Crippen LogP contribution in [0.1, 0.15) is 90.4 Å². The fraction of sp³-hybridized carbons (Fsp3) is 0.793. The van der Waals surface area contributed by atoms with Crippen molar-refractivity contribution in [2.45, 2.75) is 123 Å². The summed E-state index contributed by atoms with van der Waals surface area (Å²) in [6.07, 6.45) is 29.8. The smallest absolute Gasteiger partial charge is 0.243 e. The fourth-order valence-corrected chi connectivity index (χ4v) is 4.65. The zero-order chi connectivity index (χ0) is 25.7. The Kier molecular flexibility index (Phi) is 24.8. The summed E-state index contributed by atoms with van der Waals surface area (Å²) in [6.45, 7) is 9.18. The Morgan fingerprint density at radius 2 is 1.13 bits per heavy atom. The van der Waals surface area contributed by atoms with Gasteiger partial charge in [-0.15, -0.1) is 0 Å². The topological polar surface area (TPSA) is 61.9 Å². The molecule has 0 spiro atoms. The first-order chi connectivity index (χ1) is 17.7. The van der Waals surface area contributed by atoms with Crippen LogP contribution in [0.5, 0.6) is 0 Å². The predicted molar refractivity (Wildman–Crippen MR) is 148 cm³/mol. The van der Waals surface area contributed by atoms with E-state index in [4.69, 9.17) is 0 Å². The van der Waals surface area contributed by atoms with Gasteiger partial charge in [0, 0.05) is 6.54 Å². The average molecular weight is 665 g/mol. The van der Waals surface area contributed by atoms with E-state index in [-0.39, 0.29) is 40.1 Å². The third-order valence-corrected chi connectivity index (χ3v) is 7.04. The summed E-state index contributed by atoms with van der Waals surface area (Å²) in [4.78, 5) is 0. The van der Waals surface area contributed by atoms with E-state index in [0.717, 1.165) is 52.1 Å². The molecule has 0 bridgehead atoms. The van der Waals surface area contributed by atoms with Crippen molar-refractivity contribution in [3.8, 4) is 0 Å². The van der Waals surface area contributed by atoms with Crippen molar-refractivity contribution in [1.82, 2.24) is 19.8 Å². The van der Waals surface area contributed by atoms with Crippen LogP contribution in [0.4, 0.5) is 0 Å². The molecule has 38 heavy (non-hydrogen) atoms. The maximum absolute atomic E-state index is 9.56. The van der Waals surface area contributed by atoms with Crippen LogP contribution in [-0.2, 0) is 26.2 Å². The normalized spacial score (nSPS) is 11.8. The first kappa shape index (κ1) is 37.3. The number of nitrogens with one attached hydrogen (secondary N) is 2. The number of halogens is 2. The lowest BCUT2D eigenvalue weighted by Gasteiger charge is -2.08. The molecule has 0 saturated carbocycles. The highest BCUT2D eigenvalue weighted by Gasteiger charge is 2.05. The molecule has 0 fully saturated rings. The first-order valence-corrected chi connectivity index (χ1v) is 14.8. The summed E-state index contributed by atoms with van der Waals surface area (Å²) in [5.74, 6) is 0. The second kappa shape index (κ2) is 25.2. The molecule has 1 atom stereocenters. The summed E-state index contributed by atoms with van der Waals surface area (Å²) >= 11 is 0. The number of hydrogen-bond acceptors (Lipinski definition) is 3. The zero-order valence-corrected chi connectivity index (χ0v) is 27.3. The molecule has 1 unspecified atom stereocenters. The van der Waals surface area contributed by atoms with E-state index in [1.165, 1.54) is 70.6 Å². The average Bonchev–Trinajstić information content (AvgIpc) is 3.54. The minimum absolute atomic E-state index is 0. The van der Waals surface area contributed by atoms with E-state index in [2.05, 4.69) is 66.3 Å². The molecule has 0 saturated heterocycles. The lowest BCUT2D eigenvalue weighted by Crippen LogP contribution is -3.00. The van der Waals surface area contributed by atoms with Gasteiger partial charge in [0.1, 0.15) is 24.8 Å². The Morgan fingerprint density at radius 3 is 1.58 bits per heavy atom. The molecule has 2 aromatic heterocycles. The largest absolute Gasteiger partial charge is 1.00 e. The maximum atomic E-state index is 9.56. The summed E-state index contributed by atoms with van der Waals surface area (Å²) in [7, 11) is 2.02. The summed E-state index contributed by atoms with van der Waals surface area (Å²) in [5, 5.41) is 16.1. The molecule has 9 heteroatoms. The minimum atomic E-state index is -0.212. The standard InChI is InChI=1S/C29H56N6O.2BrH/c1-3-29(36)26-31-17-15-21-35-25-23-33(28-35)19-13-11-9-7-5-4-6-8-10-12-18-32-22-24-34(27-32)20-14-16-30-2;;/h22-25,27-31,36H,3-21,26H2,1-2H3;2*1H/q+2;;/p-2. The van der Waals surface area contributed by atoms with Gasteiger partial charge in [-0.05, 0) is 65.1 Å². The predicted octanol–water partition coefficient (Wildman–Crippen LogP) is -2.17. The highest BCUT2D eigenvalue weighted by Crippen LogP contribution is 2.11. The van der Waals surface area contributed by atoms with Crippen LogP contribution in [0.15, 0.2) is 37.4 Å². The van der Waals surface area contributed by atoms with Crippen LogP contribution >= 0.6 is 0 Å². The third kappa shape index (κ3) is 18.5. The number of imidazole rings is 2. The number of aromatic nitrogens is 4. The highest BCUT2D eigenvalue weighted by atomic mass is 79.9. The molecule has 2 heterocycles. The van der Waals surface area contributed by atoms with Crippen molar-refractivity contribution in [2.75, 3.05) is 26.7 Å². The molecule has 0 aliphatic carbocycles. The first-order valence-electron chi connectivity index (χ1n) is 14.8. The molecule has 0 aliphatic heterocycles. The van der Waals surface area contributed by atoms with Crippen molar-refractivity contribution < 1.29 is 48.2 Å². The number of nitrogens with zero attached hydrogens (tertiary/aromatic N) is 4. The second-order valence-corrected chi connectivity index (χ2v) is 10.4. The van der Waals surface area contributed by atoms with Gasteiger partial charge in [-0.1, -0.05) is 45.4 Å². The van der Waals surface area contributed by atoms with Crippen molar-refractivity contribution >= 4 is 0 Å². The van der Waals surface area contributed by atoms with Crippen LogP contribution in [0, 0.1) is 0 Å². The van der Waals surface area contributed by atoms with E-state index in [1.54, 1.807) is 0 Å². The van der Waals surface area contributed by atoms with Crippen LogP contribution in [0.25, 0.3) is 0 Å². The zero-order valence-electron chi connectivity index (χ0n) is 24.2. The second-order valence-electron chi connectivity index (χ2n) is 10.4. The number of unbranched alkanes of at least 4 members (excludes halogenated alkanes) is 9. The van der Waals surface area contributed by atoms with Gasteiger partial charge in [0.2, 0.25) is 12.7 Å². The molecule has 222 valence electrons. The molecule has 0 amide bonds. The van der Waals surface area contributed by atoms with Crippen molar-refractivity contribution in [2.24, 2.45) is 0 Å². The maximum Gasteiger partial charge on any atom is 0.243 e. The van der Waals surface area contributed by atoms with Gasteiger partial charge in [0.15, 0.2) is 0 Å². The summed E-state index contributed by atoms with van der Waals surface area (Å²) < 4.78 is 9.24. The van der Waals surface area contributed by atoms with Gasteiger partial charge in [-0.3, -0.25) is 0 Å². The molecular formula is C29H56Br2N6O. The summed E-state index contributed by atoms with van der Waals surface area (Å²) in [6, 6.07) is 0. The van der Waals surface area contributed by atoms with Crippen molar-refractivity contribution in [3.63, 3.8) is 0 Å². The van der Waals surface area contributed by atoms with Gasteiger partial charge >= 0.3 is 0 Å². The molecular weight excluding hydrogens is 608 g/mol. The Bertz CT molecular complexity index is 770. The minimum Gasteiger partial charge on any atom is -1.00 e. The molecule has 0 radical (unpaired) electrons. The lowest BCUT2D eigenvalue weighted by molar-refractivity contribution is -0.696. The van der Waals surface area contributed by atoms with Gasteiger partial charge in [-0.25, -0.2) is 18.3 Å². The van der Waals surface area contributed by atoms with Gasteiger partial charge in [0.25, 0.3) is 0 Å². The van der Waals surface area contributed by atoms with E-state index in [1.807, 2.05) is 14.0 Å². The van der Waals surface area contributed by atoms with Gasteiger partial charge < -0.3 is 49.7 Å². The van der Waals surface area contributed by atoms with Crippen molar-refractivity contribution in [3.05, 3.63) is 37.4 Å². The molecule has 0 aliphatic rings. The van der Waals surface area contributed by atoms with Crippen LogP contribution in [-0.4, -0.2) is 47.0 Å². The lowest BCUT2D eigenvalue weighted by atomic mass is 10.1. The molecule has 7 nitrogen and oxygen atoms in total. The van der Waals surface area contributed by atoms with Crippen molar-refractivity contribution in [1.29, 1.82) is 0 Å². The monoisotopic (exact) mass is 662 g/mol. The Morgan fingerprint density at radius 1 is 0.684 bits per heavy atom. The Hall–Kier alpha value is -0.740. The number of aliphatic hydroxyl groups excluding tert-OH is 1. The van der Waals surface area contributed by atoms with Crippen LogP contribution in [0.2, 0.25) is 0 Å². The highest BCUT2D eigenvalue weighted by molar-refractivity contribution is 4.67. The molecule has 2 aromatic rings. The third-order valence-electron chi connectivity index (χ3n) is 7.04. The molecule has 2 rings (SSSR count). The van der Waals surface area contributed by atoms with Crippen LogP contribution in [0.3, 0.4) is 0 Å². The van der Waals surface area contributed by atoms with Crippen LogP contribution < -0.4 is 53.7 Å². The van der Waals surface area contributed by atoms with E-state index in [0.29, 0.717) is 6.54 Å².